The van der Waals surface area contributed by atoms with Crippen LogP contribution in [0.15, 0.2) is 40.9 Å². The van der Waals surface area contributed by atoms with Crippen molar-refractivity contribution in [3.63, 3.8) is 0 Å². The summed E-state index contributed by atoms with van der Waals surface area (Å²) in [7, 11) is 0. The van der Waals surface area contributed by atoms with Gasteiger partial charge in [-0.1, -0.05) is 45.7 Å². The third kappa shape index (κ3) is 3.45. The van der Waals surface area contributed by atoms with Gasteiger partial charge in [0.2, 0.25) is 0 Å². The van der Waals surface area contributed by atoms with Crippen LogP contribution in [0.1, 0.15) is 28.8 Å². The van der Waals surface area contributed by atoms with Gasteiger partial charge >= 0.3 is 5.97 Å². The highest BCUT2D eigenvalue weighted by molar-refractivity contribution is 9.10. The topological polar surface area (TPSA) is 79.1 Å². The minimum absolute atomic E-state index is 0.261. The zero-order valence-electron chi connectivity index (χ0n) is 13.5. The van der Waals surface area contributed by atoms with E-state index in [0.29, 0.717) is 22.5 Å². The Morgan fingerprint density at radius 1 is 1.20 bits per heavy atom. The van der Waals surface area contributed by atoms with Crippen molar-refractivity contribution in [1.29, 1.82) is 0 Å². The normalized spacial score (nSPS) is 11.2. The number of halogens is 2. The van der Waals surface area contributed by atoms with Gasteiger partial charge in [-0.3, -0.25) is 0 Å². The van der Waals surface area contributed by atoms with Crippen LogP contribution in [0, 0.1) is 0 Å². The highest BCUT2D eigenvalue weighted by atomic mass is 79.9. The SMILES string of the molecule is NCCCCc1c(-c2ccccc2Br)[nH]c2c(Cl)ccc(C(=O)O)c12. The molecule has 0 saturated heterocycles. The first-order valence-corrected chi connectivity index (χ1v) is 9.23. The zero-order valence-corrected chi connectivity index (χ0v) is 15.8. The van der Waals surface area contributed by atoms with Gasteiger partial charge < -0.3 is 15.8 Å². The lowest BCUT2D eigenvalue weighted by Gasteiger charge is -2.08. The van der Waals surface area contributed by atoms with Crippen molar-refractivity contribution in [2.24, 2.45) is 5.73 Å². The first-order chi connectivity index (χ1) is 12.0. The van der Waals surface area contributed by atoms with E-state index in [1.54, 1.807) is 12.1 Å². The van der Waals surface area contributed by atoms with E-state index < -0.39 is 5.97 Å². The molecule has 0 radical (unpaired) electrons. The zero-order chi connectivity index (χ0) is 18.0. The van der Waals surface area contributed by atoms with Crippen LogP contribution in [0.2, 0.25) is 5.02 Å². The highest BCUT2D eigenvalue weighted by Gasteiger charge is 2.21. The lowest BCUT2D eigenvalue weighted by atomic mass is 9.97. The maximum Gasteiger partial charge on any atom is 0.336 e. The molecule has 0 aliphatic rings. The predicted molar refractivity (Wildman–Crippen MR) is 105 cm³/mol. The number of rotatable bonds is 6. The molecule has 4 nitrogen and oxygen atoms in total. The number of benzene rings is 2. The van der Waals surface area contributed by atoms with Crippen LogP contribution in [0.4, 0.5) is 0 Å². The number of hydrogen-bond acceptors (Lipinski definition) is 2. The fourth-order valence-electron chi connectivity index (χ4n) is 3.11. The highest BCUT2D eigenvalue weighted by Crippen LogP contribution is 2.39. The summed E-state index contributed by atoms with van der Waals surface area (Å²) in [6, 6.07) is 11.0. The molecule has 0 bridgehead atoms. The number of nitrogens with one attached hydrogen (secondary N) is 1. The Balaban J connectivity index is 2.30. The molecule has 3 rings (SSSR count). The van der Waals surface area contributed by atoms with Crippen LogP contribution in [0.5, 0.6) is 0 Å². The Labute approximate surface area is 159 Å². The summed E-state index contributed by atoms with van der Waals surface area (Å²) < 4.78 is 0.939. The maximum atomic E-state index is 11.7. The standard InChI is InChI=1S/C19H18BrClN2O2/c20-14-7-2-1-5-11(14)17-12(6-3-4-10-22)16-13(19(24)25)8-9-15(21)18(16)23-17/h1-2,5,7-9,23H,3-4,6,10,22H2,(H,24,25). The molecule has 0 amide bonds. The van der Waals surface area contributed by atoms with Crippen molar-refractivity contribution in [2.75, 3.05) is 6.54 Å². The van der Waals surface area contributed by atoms with Gasteiger partial charge in [0, 0.05) is 15.4 Å². The summed E-state index contributed by atoms with van der Waals surface area (Å²) in [5.74, 6) is -0.959. The minimum Gasteiger partial charge on any atom is -0.478 e. The first kappa shape index (κ1) is 18.0. The average Bonchev–Trinajstić information content (AvgIpc) is 2.96. The number of aryl methyl sites for hydroxylation is 1. The van der Waals surface area contributed by atoms with Gasteiger partial charge in [0.15, 0.2) is 0 Å². The number of nitrogens with two attached hydrogens (primary N) is 1. The summed E-state index contributed by atoms with van der Waals surface area (Å²) >= 11 is 9.93. The van der Waals surface area contributed by atoms with Crippen LogP contribution in [0.25, 0.3) is 22.2 Å². The van der Waals surface area contributed by atoms with E-state index >= 15 is 0 Å². The summed E-state index contributed by atoms with van der Waals surface area (Å²) in [4.78, 5) is 15.1. The number of carboxylic acid groups (broad SMARTS) is 1. The minimum atomic E-state index is -0.959. The molecule has 0 spiro atoms. The number of carbonyl (C=O) groups is 1. The number of aromatic nitrogens is 1. The van der Waals surface area contributed by atoms with Crippen molar-refractivity contribution in [1.82, 2.24) is 4.98 Å². The molecule has 2 aromatic carbocycles. The molecule has 4 N–H and O–H groups in total. The van der Waals surface area contributed by atoms with Gasteiger partial charge in [-0.05, 0) is 49.6 Å². The predicted octanol–water partition coefficient (Wildman–Crippen LogP) is 5.23. The Morgan fingerprint density at radius 3 is 2.64 bits per heavy atom. The Bertz CT molecular complexity index is 937. The Hall–Kier alpha value is -1.82. The third-order valence-electron chi connectivity index (χ3n) is 4.26. The van der Waals surface area contributed by atoms with Crippen molar-refractivity contribution in [3.05, 3.63) is 57.0 Å². The first-order valence-electron chi connectivity index (χ1n) is 8.06. The molecule has 0 fully saturated rings. The lowest BCUT2D eigenvalue weighted by molar-refractivity contribution is 0.0699. The second-order valence-corrected chi connectivity index (χ2v) is 7.12. The van der Waals surface area contributed by atoms with Gasteiger partial charge in [-0.15, -0.1) is 0 Å². The van der Waals surface area contributed by atoms with Crippen molar-refractivity contribution in [3.8, 4) is 11.3 Å². The molecule has 25 heavy (non-hydrogen) atoms. The fourth-order valence-corrected chi connectivity index (χ4v) is 3.79. The maximum absolute atomic E-state index is 11.7. The number of H-pyrrole nitrogens is 1. The smallest absolute Gasteiger partial charge is 0.336 e. The van der Waals surface area contributed by atoms with Crippen molar-refractivity contribution in [2.45, 2.75) is 19.3 Å². The van der Waals surface area contributed by atoms with Gasteiger partial charge in [-0.2, -0.15) is 0 Å². The van der Waals surface area contributed by atoms with Gasteiger partial charge in [0.1, 0.15) is 0 Å². The molecule has 0 aliphatic heterocycles. The molecule has 0 atom stereocenters. The third-order valence-corrected chi connectivity index (χ3v) is 5.27. The molecule has 6 heteroatoms. The van der Waals surface area contributed by atoms with E-state index in [0.717, 1.165) is 40.6 Å². The van der Waals surface area contributed by atoms with Crippen molar-refractivity contribution >= 4 is 44.4 Å². The van der Waals surface area contributed by atoms with Gasteiger partial charge in [0.25, 0.3) is 0 Å². The largest absolute Gasteiger partial charge is 0.478 e. The van der Waals surface area contributed by atoms with E-state index in [1.807, 2.05) is 24.3 Å². The van der Waals surface area contributed by atoms with E-state index in [4.69, 9.17) is 17.3 Å². The van der Waals surface area contributed by atoms with Gasteiger partial charge in [-0.25, -0.2) is 4.79 Å². The molecule has 0 saturated carbocycles. The molecular weight excluding hydrogens is 404 g/mol. The van der Waals surface area contributed by atoms with Crippen LogP contribution in [-0.2, 0) is 6.42 Å². The second kappa shape index (κ2) is 7.60. The number of unbranched alkanes of at least 4 members (excludes halogenated alkanes) is 1. The van der Waals surface area contributed by atoms with E-state index in [9.17, 15) is 9.90 Å². The Kier molecular flexibility index (Phi) is 5.47. The van der Waals surface area contributed by atoms with Crippen LogP contribution in [0.3, 0.4) is 0 Å². The molecule has 3 aromatic rings. The Morgan fingerprint density at radius 2 is 1.96 bits per heavy atom. The fraction of sp³-hybridized carbons (Fsp3) is 0.211. The molecule has 130 valence electrons. The molecule has 0 unspecified atom stereocenters. The van der Waals surface area contributed by atoms with Crippen LogP contribution in [-0.4, -0.2) is 22.6 Å². The quantitative estimate of drug-likeness (QED) is 0.477. The van der Waals surface area contributed by atoms with Crippen molar-refractivity contribution < 1.29 is 9.90 Å². The summed E-state index contributed by atoms with van der Waals surface area (Å²) in [6.45, 7) is 0.610. The lowest BCUT2D eigenvalue weighted by Crippen LogP contribution is -2.01. The van der Waals surface area contributed by atoms with E-state index in [1.165, 1.54) is 0 Å². The van der Waals surface area contributed by atoms with Crippen LogP contribution >= 0.6 is 27.5 Å². The summed E-state index contributed by atoms with van der Waals surface area (Å²) in [6.07, 6.45) is 2.49. The number of hydrogen-bond donors (Lipinski definition) is 3. The molecular formula is C19H18BrClN2O2. The number of carboxylic acids is 1. The molecule has 1 heterocycles. The average molecular weight is 422 g/mol. The summed E-state index contributed by atoms with van der Waals surface area (Å²) in [5, 5.41) is 10.8. The number of aromatic amines is 1. The number of aromatic carboxylic acids is 1. The van der Waals surface area contributed by atoms with Crippen LogP contribution < -0.4 is 5.73 Å². The van der Waals surface area contributed by atoms with E-state index in [-0.39, 0.29) is 5.56 Å². The second-order valence-electron chi connectivity index (χ2n) is 5.85. The number of fused-ring (bicyclic) bond motifs is 1. The monoisotopic (exact) mass is 420 g/mol. The van der Waals surface area contributed by atoms with E-state index in [2.05, 4.69) is 20.9 Å². The molecule has 1 aromatic heterocycles. The van der Waals surface area contributed by atoms with Gasteiger partial charge in [0.05, 0.1) is 21.8 Å². The summed E-state index contributed by atoms with van der Waals surface area (Å²) in [5.41, 5.74) is 9.40. The molecule has 0 aliphatic carbocycles.